The normalized spacial score (nSPS) is 10.7. The van der Waals surface area contributed by atoms with Gasteiger partial charge in [0.1, 0.15) is 10.3 Å². The molecule has 0 atom stereocenters. The first-order chi connectivity index (χ1) is 9.02. The standard InChI is InChI=1S/C13H12Br2N2O2/c1-7-5-8(3-4-9(7)14)12-16-10(6-19-2)11(15)13(18)17-12/h3-5H,6H2,1-2H3,(H,16,17,18). The number of nitrogens with zero attached hydrogens (tertiary/aromatic N) is 1. The summed E-state index contributed by atoms with van der Waals surface area (Å²) in [5, 5.41) is 0. The molecular weight excluding hydrogens is 376 g/mol. The second kappa shape index (κ2) is 5.98. The molecule has 19 heavy (non-hydrogen) atoms. The Bertz CT molecular complexity index is 668. The summed E-state index contributed by atoms with van der Waals surface area (Å²) in [7, 11) is 1.57. The fourth-order valence-corrected chi connectivity index (χ4v) is 2.22. The summed E-state index contributed by atoms with van der Waals surface area (Å²) in [6.07, 6.45) is 0. The van der Waals surface area contributed by atoms with E-state index in [4.69, 9.17) is 4.74 Å². The minimum Gasteiger partial charge on any atom is -0.378 e. The molecule has 0 amide bonds. The van der Waals surface area contributed by atoms with Gasteiger partial charge in [0.2, 0.25) is 0 Å². The van der Waals surface area contributed by atoms with Crippen LogP contribution in [0, 0.1) is 6.92 Å². The largest absolute Gasteiger partial charge is 0.378 e. The Morgan fingerprint density at radius 2 is 2.11 bits per heavy atom. The molecule has 2 aromatic rings. The Kier molecular flexibility index (Phi) is 4.54. The van der Waals surface area contributed by atoms with Gasteiger partial charge in [0.25, 0.3) is 5.56 Å². The maximum Gasteiger partial charge on any atom is 0.265 e. The molecule has 0 unspecified atom stereocenters. The van der Waals surface area contributed by atoms with E-state index < -0.39 is 0 Å². The van der Waals surface area contributed by atoms with Gasteiger partial charge in [-0.2, -0.15) is 0 Å². The average molecular weight is 388 g/mol. The molecule has 0 radical (unpaired) electrons. The van der Waals surface area contributed by atoms with E-state index in [-0.39, 0.29) is 12.2 Å². The molecule has 2 rings (SSSR count). The van der Waals surface area contributed by atoms with Gasteiger partial charge in [-0.15, -0.1) is 0 Å². The molecule has 0 bridgehead atoms. The van der Waals surface area contributed by atoms with Gasteiger partial charge >= 0.3 is 0 Å². The third kappa shape index (κ3) is 3.13. The summed E-state index contributed by atoms with van der Waals surface area (Å²) in [5.41, 5.74) is 2.32. The monoisotopic (exact) mass is 386 g/mol. The van der Waals surface area contributed by atoms with Gasteiger partial charge in [-0.25, -0.2) is 4.98 Å². The molecule has 0 spiro atoms. The van der Waals surface area contributed by atoms with E-state index in [0.717, 1.165) is 15.6 Å². The SMILES string of the molecule is COCc1nc(-c2ccc(Br)c(C)c2)[nH]c(=O)c1Br. The Labute approximate surface area is 127 Å². The van der Waals surface area contributed by atoms with Crippen LogP contribution in [-0.4, -0.2) is 17.1 Å². The molecule has 0 fully saturated rings. The van der Waals surface area contributed by atoms with Crippen LogP contribution in [0.2, 0.25) is 0 Å². The van der Waals surface area contributed by atoms with Crippen LogP contribution in [0.3, 0.4) is 0 Å². The molecule has 0 aliphatic carbocycles. The van der Waals surface area contributed by atoms with E-state index in [0.29, 0.717) is 16.0 Å². The van der Waals surface area contributed by atoms with Crippen molar-refractivity contribution in [2.75, 3.05) is 7.11 Å². The number of rotatable bonds is 3. The van der Waals surface area contributed by atoms with Crippen molar-refractivity contribution >= 4 is 31.9 Å². The number of aromatic nitrogens is 2. The molecule has 6 heteroatoms. The van der Waals surface area contributed by atoms with E-state index >= 15 is 0 Å². The summed E-state index contributed by atoms with van der Waals surface area (Å²) in [6.45, 7) is 2.27. The van der Waals surface area contributed by atoms with Crippen LogP contribution < -0.4 is 5.56 Å². The number of benzene rings is 1. The predicted octanol–water partition coefficient (Wildman–Crippen LogP) is 3.42. The van der Waals surface area contributed by atoms with Crippen molar-refractivity contribution in [1.82, 2.24) is 9.97 Å². The fraction of sp³-hybridized carbons (Fsp3) is 0.231. The van der Waals surface area contributed by atoms with Crippen molar-refractivity contribution in [3.05, 3.63) is 48.8 Å². The maximum atomic E-state index is 11.9. The van der Waals surface area contributed by atoms with E-state index in [1.165, 1.54) is 0 Å². The van der Waals surface area contributed by atoms with Crippen LogP contribution in [-0.2, 0) is 11.3 Å². The minimum absolute atomic E-state index is 0.211. The Morgan fingerprint density at radius 1 is 1.37 bits per heavy atom. The molecular formula is C13H12Br2N2O2. The lowest BCUT2D eigenvalue weighted by Crippen LogP contribution is -2.14. The molecule has 0 aliphatic heterocycles. The zero-order chi connectivity index (χ0) is 14.0. The third-order valence-corrected chi connectivity index (χ3v) is 4.35. The minimum atomic E-state index is -0.211. The highest BCUT2D eigenvalue weighted by molar-refractivity contribution is 9.10. The Hall–Kier alpha value is -0.980. The number of ether oxygens (including phenoxy) is 1. The van der Waals surface area contributed by atoms with E-state index in [9.17, 15) is 4.79 Å². The molecule has 4 nitrogen and oxygen atoms in total. The van der Waals surface area contributed by atoms with Gasteiger partial charge < -0.3 is 9.72 Å². The van der Waals surface area contributed by atoms with Gasteiger partial charge in [-0.05, 0) is 40.5 Å². The first-order valence-electron chi connectivity index (χ1n) is 5.57. The Balaban J connectivity index is 2.56. The van der Waals surface area contributed by atoms with Gasteiger partial charge in [0, 0.05) is 17.1 Å². The quantitative estimate of drug-likeness (QED) is 0.877. The van der Waals surface area contributed by atoms with Crippen molar-refractivity contribution in [3.63, 3.8) is 0 Å². The molecule has 1 aromatic heterocycles. The van der Waals surface area contributed by atoms with Crippen molar-refractivity contribution in [2.45, 2.75) is 13.5 Å². The second-order valence-corrected chi connectivity index (χ2v) is 5.72. The number of aromatic amines is 1. The summed E-state index contributed by atoms with van der Waals surface area (Å²) in [6, 6.07) is 5.80. The van der Waals surface area contributed by atoms with Crippen LogP contribution >= 0.6 is 31.9 Å². The van der Waals surface area contributed by atoms with Crippen LogP contribution in [0.4, 0.5) is 0 Å². The molecule has 0 saturated heterocycles. The summed E-state index contributed by atoms with van der Waals surface area (Å²) in [5.74, 6) is 0.538. The lowest BCUT2D eigenvalue weighted by molar-refractivity contribution is 0.180. The second-order valence-electron chi connectivity index (χ2n) is 4.07. The number of hydrogen-bond donors (Lipinski definition) is 1. The van der Waals surface area contributed by atoms with Crippen molar-refractivity contribution in [3.8, 4) is 11.4 Å². The molecule has 1 heterocycles. The molecule has 0 saturated carbocycles. The number of aryl methyl sites for hydroxylation is 1. The molecule has 100 valence electrons. The van der Waals surface area contributed by atoms with Crippen molar-refractivity contribution in [1.29, 1.82) is 0 Å². The smallest absolute Gasteiger partial charge is 0.265 e. The van der Waals surface area contributed by atoms with Gasteiger partial charge in [0.15, 0.2) is 0 Å². The van der Waals surface area contributed by atoms with Crippen LogP contribution in [0.5, 0.6) is 0 Å². The van der Waals surface area contributed by atoms with E-state index in [1.54, 1.807) is 7.11 Å². The van der Waals surface area contributed by atoms with Crippen LogP contribution in [0.15, 0.2) is 31.9 Å². The zero-order valence-electron chi connectivity index (χ0n) is 10.5. The highest BCUT2D eigenvalue weighted by atomic mass is 79.9. The highest BCUT2D eigenvalue weighted by Crippen LogP contribution is 2.23. The number of hydrogen-bond acceptors (Lipinski definition) is 3. The number of methoxy groups -OCH3 is 1. The lowest BCUT2D eigenvalue weighted by atomic mass is 10.1. The number of nitrogens with one attached hydrogen (secondary N) is 1. The van der Waals surface area contributed by atoms with Crippen molar-refractivity contribution < 1.29 is 4.74 Å². The van der Waals surface area contributed by atoms with Crippen LogP contribution in [0.25, 0.3) is 11.4 Å². The highest BCUT2D eigenvalue weighted by Gasteiger charge is 2.10. The summed E-state index contributed by atoms with van der Waals surface area (Å²) < 4.78 is 6.47. The number of halogens is 2. The van der Waals surface area contributed by atoms with E-state index in [2.05, 4.69) is 41.8 Å². The first-order valence-corrected chi connectivity index (χ1v) is 7.15. The topological polar surface area (TPSA) is 55.0 Å². The van der Waals surface area contributed by atoms with Gasteiger partial charge in [0.05, 0.1) is 12.3 Å². The number of H-pyrrole nitrogens is 1. The van der Waals surface area contributed by atoms with E-state index in [1.807, 2.05) is 25.1 Å². The van der Waals surface area contributed by atoms with Crippen LogP contribution in [0.1, 0.15) is 11.3 Å². The van der Waals surface area contributed by atoms with Gasteiger partial charge in [-0.1, -0.05) is 22.0 Å². The maximum absolute atomic E-state index is 11.9. The van der Waals surface area contributed by atoms with Crippen molar-refractivity contribution in [2.24, 2.45) is 0 Å². The first kappa shape index (κ1) is 14.4. The predicted molar refractivity (Wildman–Crippen MR) is 81.1 cm³/mol. The zero-order valence-corrected chi connectivity index (χ0v) is 13.6. The lowest BCUT2D eigenvalue weighted by Gasteiger charge is -2.07. The van der Waals surface area contributed by atoms with Gasteiger partial charge in [-0.3, -0.25) is 4.79 Å². The Morgan fingerprint density at radius 3 is 2.74 bits per heavy atom. The average Bonchev–Trinajstić information content (AvgIpc) is 2.38. The molecule has 1 aromatic carbocycles. The fourth-order valence-electron chi connectivity index (χ4n) is 1.67. The summed E-state index contributed by atoms with van der Waals surface area (Å²) >= 11 is 6.67. The molecule has 1 N–H and O–H groups in total. The summed E-state index contributed by atoms with van der Waals surface area (Å²) in [4.78, 5) is 19.0. The molecule has 0 aliphatic rings. The third-order valence-electron chi connectivity index (χ3n) is 2.64.